The van der Waals surface area contributed by atoms with E-state index in [1.165, 1.54) is 25.3 Å². The number of methoxy groups -OCH3 is 1. The molecule has 0 heterocycles. The number of hydrogen-bond acceptors (Lipinski definition) is 6. The number of nitro groups is 1. The van der Waals surface area contributed by atoms with E-state index in [-0.39, 0.29) is 17.9 Å². The summed E-state index contributed by atoms with van der Waals surface area (Å²) in [5, 5.41) is 23.0. The van der Waals surface area contributed by atoms with E-state index in [1.54, 1.807) is 30.3 Å². The van der Waals surface area contributed by atoms with Crippen LogP contribution in [0.3, 0.4) is 0 Å². The van der Waals surface area contributed by atoms with E-state index in [0.717, 1.165) is 11.1 Å². The number of benzene rings is 3. The highest BCUT2D eigenvalue weighted by atomic mass is 79.9. The number of non-ortho nitro benzene ring substituents is 1. The van der Waals surface area contributed by atoms with Gasteiger partial charge in [-0.15, -0.1) is 0 Å². The van der Waals surface area contributed by atoms with Crippen molar-refractivity contribution in [3.8, 4) is 17.6 Å². The van der Waals surface area contributed by atoms with E-state index in [1.807, 2.05) is 31.2 Å². The fraction of sp³-hybridized carbons (Fsp3) is 0.120. The lowest BCUT2D eigenvalue weighted by Gasteiger charge is -2.14. The first kappa shape index (κ1) is 24.5. The van der Waals surface area contributed by atoms with Crippen LogP contribution in [0.2, 0.25) is 0 Å². The van der Waals surface area contributed by atoms with Crippen LogP contribution in [0.4, 0.5) is 11.4 Å². The Morgan fingerprint density at radius 1 is 1.21 bits per heavy atom. The number of amides is 1. The van der Waals surface area contributed by atoms with Gasteiger partial charge >= 0.3 is 0 Å². The Kier molecular flexibility index (Phi) is 8.01. The third-order valence-corrected chi connectivity index (χ3v) is 5.32. The number of carbonyl (C=O) groups is 1. The maximum atomic E-state index is 12.6. The lowest BCUT2D eigenvalue weighted by molar-refractivity contribution is -0.384. The van der Waals surface area contributed by atoms with E-state index in [9.17, 15) is 20.2 Å². The van der Waals surface area contributed by atoms with Gasteiger partial charge in [0.2, 0.25) is 0 Å². The Labute approximate surface area is 204 Å². The molecule has 34 heavy (non-hydrogen) atoms. The van der Waals surface area contributed by atoms with Crippen LogP contribution in [-0.4, -0.2) is 17.9 Å². The highest BCUT2D eigenvalue weighted by molar-refractivity contribution is 9.10. The molecule has 0 atom stereocenters. The summed E-state index contributed by atoms with van der Waals surface area (Å²) in [4.78, 5) is 22.9. The van der Waals surface area contributed by atoms with Crippen LogP contribution >= 0.6 is 15.9 Å². The molecule has 172 valence electrons. The second-order valence-electron chi connectivity index (χ2n) is 7.24. The average Bonchev–Trinajstić information content (AvgIpc) is 2.81. The number of halogens is 1. The number of nitrogens with zero attached hydrogens (tertiary/aromatic N) is 2. The predicted octanol–water partition coefficient (Wildman–Crippen LogP) is 5.80. The predicted molar refractivity (Wildman–Crippen MR) is 132 cm³/mol. The van der Waals surface area contributed by atoms with Gasteiger partial charge in [0.25, 0.3) is 11.6 Å². The van der Waals surface area contributed by atoms with Crippen LogP contribution < -0.4 is 14.8 Å². The molecule has 0 fully saturated rings. The summed E-state index contributed by atoms with van der Waals surface area (Å²) in [7, 11) is 1.48. The number of anilines is 1. The maximum absolute atomic E-state index is 12.6. The quantitative estimate of drug-likeness (QED) is 0.173. The molecule has 0 aromatic heterocycles. The number of carbonyl (C=O) groups excluding carboxylic acids is 1. The van der Waals surface area contributed by atoms with Gasteiger partial charge in [0.05, 0.1) is 16.5 Å². The Morgan fingerprint density at radius 3 is 2.56 bits per heavy atom. The van der Waals surface area contributed by atoms with Crippen LogP contribution in [0, 0.1) is 28.4 Å². The Hall–Kier alpha value is -4.16. The summed E-state index contributed by atoms with van der Waals surface area (Å²) in [5.74, 6) is 0.279. The summed E-state index contributed by atoms with van der Waals surface area (Å²) in [5.41, 5.74) is 2.80. The van der Waals surface area contributed by atoms with Crippen LogP contribution in [0.1, 0.15) is 16.7 Å². The monoisotopic (exact) mass is 521 g/mol. The van der Waals surface area contributed by atoms with Gasteiger partial charge in [-0.05, 0) is 82.0 Å². The molecule has 0 saturated carbocycles. The highest BCUT2D eigenvalue weighted by Gasteiger charge is 2.15. The number of aryl methyl sites for hydroxylation is 1. The van der Waals surface area contributed by atoms with Gasteiger partial charge in [-0.1, -0.05) is 12.1 Å². The van der Waals surface area contributed by atoms with Crippen molar-refractivity contribution in [2.45, 2.75) is 13.5 Å². The number of rotatable bonds is 8. The van der Waals surface area contributed by atoms with Crippen molar-refractivity contribution in [3.05, 3.63) is 97.5 Å². The van der Waals surface area contributed by atoms with Crippen LogP contribution in [0.15, 0.2) is 70.7 Å². The minimum Gasteiger partial charge on any atom is -0.493 e. The molecule has 0 unspecified atom stereocenters. The molecule has 3 rings (SSSR count). The normalized spacial score (nSPS) is 10.8. The summed E-state index contributed by atoms with van der Waals surface area (Å²) < 4.78 is 11.8. The minimum atomic E-state index is -0.526. The van der Waals surface area contributed by atoms with Crippen LogP contribution in [-0.2, 0) is 11.4 Å². The lowest BCUT2D eigenvalue weighted by atomic mass is 10.1. The topological polar surface area (TPSA) is 114 Å². The van der Waals surface area contributed by atoms with E-state index in [0.29, 0.717) is 27.2 Å². The van der Waals surface area contributed by atoms with Gasteiger partial charge in [0, 0.05) is 17.8 Å². The molecule has 0 radical (unpaired) electrons. The standard InChI is InChI=1S/C25H20BrN3O5/c1-16-4-3-5-20(10-16)28-25(30)19(14-27)11-18-12-22(26)24(23(13-18)33-2)34-15-17-6-8-21(9-7-17)29(31)32/h3-13H,15H2,1-2H3,(H,28,30)/b19-11-. The number of nitrogens with one attached hydrogen (secondary N) is 1. The van der Waals surface area contributed by atoms with Gasteiger partial charge in [-0.3, -0.25) is 14.9 Å². The highest BCUT2D eigenvalue weighted by Crippen LogP contribution is 2.38. The second kappa shape index (κ2) is 11.1. The molecule has 1 amide bonds. The Bertz CT molecular complexity index is 1300. The van der Waals surface area contributed by atoms with E-state index < -0.39 is 10.8 Å². The zero-order valence-corrected chi connectivity index (χ0v) is 20.0. The summed E-state index contributed by atoms with van der Waals surface area (Å²) in [6.07, 6.45) is 1.46. The van der Waals surface area contributed by atoms with Crippen molar-refractivity contribution in [1.82, 2.24) is 0 Å². The maximum Gasteiger partial charge on any atom is 0.269 e. The fourth-order valence-electron chi connectivity index (χ4n) is 3.07. The van der Waals surface area contributed by atoms with E-state index in [2.05, 4.69) is 21.2 Å². The molecule has 0 aliphatic carbocycles. The first-order valence-corrected chi connectivity index (χ1v) is 10.8. The van der Waals surface area contributed by atoms with Gasteiger partial charge < -0.3 is 14.8 Å². The molecule has 0 aliphatic rings. The van der Waals surface area contributed by atoms with E-state index >= 15 is 0 Å². The van der Waals surface area contributed by atoms with Gasteiger partial charge in [0.15, 0.2) is 11.5 Å². The van der Waals surface area contributed by atoms with Gasteiger partial charge in [0.1, 0.15) is 18.2 Å². The molecule has 0 bridgehead atoms. The smallest absolute Gasteiger partial charge is 0.269 e. The van der Waals surface area contributed by atoms with Crippen molar-refractivity contribution < 1.29 is 19.2 Å². The Morgan fingerprint density at radius 2 is 1.94 bits per heavy atom. The molecule has 0 aliphatic heterocycles. The molecule has 3 aromatic rings. The van der Waals surface area contributed by atoms with Gasteiger partial charge in [-0.25, -0.2) is 0 Å². The lowest BCUT2D eigenvalue weighted by Crippen LogP contribution is -2.13. The molecular formula is C25H20BrN3O5. The summed E-state index contributed by atoms with van der Waals surface area (Å²) >= 11 is 3.45. The average molecular weight is 522 g/mol. The fourth-order valence-corrected chi connectivity index (χ4v) is 3.64. The van der Waals surface area contributed by atoms with Crippen molar-refractivity contribution >= 4 is 39.3 Å². The minimum absolute atomic E-state index is 0.00150. The van der Waals surface area contributed by atoms with E-state index in [4.69, 9.17) is 9.47 Å². The zero-order valence-electron chi connectivity index (χ0n) is 18.4. The van der Waals surface area contributed by atoms with Crippen LogP contribution in [0.5, 0.6) is 11.5 Å². The molecule has 0 spiro atoms. The second-order valence-corrected chi connectivity index (χ2v) is 8.09. The third-order valence-electron chi connectivity index (χ3n) is 4.73. The summed E-state index contributed by atoms with van der Waals surface area (Å²) in [6, 6.07) is 18.6. The largest absolute Gasteiger partial charge is 0.493 e. The molecule has 8 nitrogen and oxygen atoms in total. The first-order chi connectivity index (χ1) is 16.3. The third kappa shape index (κ3) is 6.21. The van der Waals surface area contributed by atoms with Crippen molar-refractivity contribution in [1.29, 1.82) is 5.26 Å². The SMILES string of the molecule is COc1cc(/C=C(/C#N)C(=O)Nc2cccc(C)c2)cc(Br)c1OCc1ccc([N+](=O)[O-])cc1. The zero-order chi connectivity index (χ0) is 24.7. The van der Waals surface area contributed by atoms with Crippen LogP contribution in [0.25, 0.3) is 6.08 Å². The summed E-state index contributed by atoms with van der Waals surface area (Å²) in [6.45, 7) is 2.07. The number of nitriles is 1. The first-order valence-electron chi connectivity index (χ1n) is 10.0. The molecule has 9 heteroatoms. The molecule has 3 aromatic carbocycles. The Balaban J connectivity index is 1.79. The van der Waals surface area contributed by atoms with Crippen molar-refractivity contribution in [3.63, 3.8) is 0 Å². The molecular weight excluding hydrogens is 502 g/mol. The number of nitro benzene ring substituents is 1. The van der Waals surface area contributed by atoms with Gasteiger partial charge in [-0.2, -0.15) is 5.26 Å². The number of hydrogen-bond donors (Lipinski definition) is 1. The van der Waals surface area contributed by atoms with Crippen molar-refractivity contribution in [2.24, 2.45) is 0 Å². The molecule has 0 saturated heterocycles. The number of ether oxygens (including phenoxy) is 2. The molecule has 1 N–H and O–H groups in total. The van der Waals surface area contributed by atoms with Crippen molar-refractivity contribution in [2.75, 3.05) is 12.4 Å².